The maximum absolute atomic E-state index is 5.98. The van der Waals surface area contributed by atoms with E-state index in [2.05, 4.69) is 26.7 Å². The van der Waals surface area contributed by atoms with Gasteiger partial charge in [-0.2, -0.15) is 0 Å². The van der Waals surface area contributed by atoms with Gasteiger partial charge in [-0.25, -0.2) is 0 Å². The van der Waals surface area contributed by atoms with Crippen molar-refractivity contribution in [1.82, 2.24) is 10.3 Å². The van der Waals surface area contributed by atoms with E-state index >= 15 is 0 Å². The van der Waals surface area contributed by atoms with E-state index in [9.17, 15) is 0 Å². The molecule has 2 heterocycles. The number of pyridine rings is 1. The Morgan fingerprint density at radius 1 is 1.35 bits per heavy atom. The fourth-order valence-corrected chi connectivity index (χ4v) is 2.32. The fraction of sp³-hybridized carbons (Fsp3) is 0.200. The van der Waals surface area contributed by atoms with Gasteiger partial charge in [0.2, 0.25) is 0 Å². The van der Waals surface area contributed by atoms with Gasteiger partial charge in [-0.15, -0.1) is 0 Å². The average Bonchev–Trinajstić information content (AvgIpc) is 2.91. The number of aromatic nitrogens is 1. The van der Waals surface area contributed by atoms with Crippen molar-refractivity contribution in [2.75, 3.05) is 25.5 Å². The number of rotatable bonds is 2. The summed E-state index contributed by atoms with van der Waals surface area (Å²) >= 11 is 0. The lowest BCUT2D eigenvalue weighted by Gasteiger charge is -2.11. The van der Waals surface area contributed by atoms with Crippen molar-refractivity contribution in [3.05, 3.63) is 47.8 Å². The molecule has 2 aromatic rings. The van der Waals surface area contributed by atoms with Gasteiger partial charge in [-0.3, -0.25) is 9.98 Å². The van der Waals surface area contributed by atoms with Crippen LogP contribution in [0.5, 0.6) is 0 Å². The zero-order valence-electron chi connectivity index (χ0n) is 11.4. The summed E-state index contributed by atoms with van der Waals surface area (Å²) < 4.78 is 0. The monoisotopic (exact) mass is 267 g/mol. The molecule has 4 N–H and O–H groups in total. The molecular formula is C15H17N5. The number of hydrogen-bond acceptors (Lipinski definition) is 4. The van der Waals surface area contributed by atoms with Crippen LogP contribution in [0, 0.1) is 0 Å². The molecule has 1 aromatic heterocycles. The van der Waals surface area contributed by atoms with Gasteiger partial charge in [0, 0.05) is 36.8 Å². The van der Waals surface area contributed by atoms with Crippen LogP contribution >= 0.6 is 0 Å². The molecule has 0 fully saturated rings. The summed E-state index contributed by atoms with van der Waals surface area (Å²) in [6.07, 6.45) is 1.81. The summed E-state index contributed by atoms with van der Waals surface area (Å²) in [7, 11) is 1.76. The van der Waals surface area contributed by atoms with E-state index in [4.69, 9.17) is 5.73 Å². The molecule has 5 heteroatoms. The van der Waals surface area contributed by atoms with Crippen molar-refractivity contribution in [3.8, 4) is 0 Å². The molecule has 1 aromatic carbocycles. The topological polar surface area (TPSA) is 75.3 Å². The highest BCUT2D eigenvalue weighted by Crippen LogP contribution is 2.17. The molecule has 0 saturated carbocycles. The summed E-state index contributed by atoms with van der Waals surface area (Å²) in [5.74, 6) is 0.796. The number of benzene rings is 1. The number of fused-ring (bicyclic) bond motifs is 1. The summed E-state index contributed by atoms with van der Waals surface area (Å²) in [6, 6.07) is 10.1. The van der Waals surface area contributed by atoms with Crippen LogP contribution in [0.2, 0.25) is 0 Å². The fourth-order valence-electron chi connectivity index (χ4n) is 2.32. The van der Waals surface area contributed by atoms with Crippen molar-refractivity contribution in [2.45, 2.75) is 0 Å². The Bertz CT molecular complexity index is 702. The molecule has 5 nitrogen and oxygen atoms in total. The maximum Gasteiger partial charge on any atom is 0.131 e. The van der Waals surface area contributed by atoms with E-state index in [1.165, 1.54) is 0 Å². The van der Waals surface area contributed by atoms with Gasteiger partial charge in [-0.05, 0) is 12.1 Å². The second-order valence-electron chi connectivity index (χ2n) is 4.72. The average molecular weight is 267 g/mol. The molecule has 0 unspecified atom stereocenters. The molecule has 20 heavy (non-hydrogen) atoms. The quantitative estimate of drug-likeness (QED) is 0.569. The predicted octanol–water partition coefficient (Wildman–Crippen LogP) is 1.49. The molecule has 102 valence electrons. The van der Waals surface area contributed by atoms with Crippen LogP contribution in [0.1, 0.15) is 0 Å². The third-order valence-electron chi connectivity index (χ3n) is 3.37. The minimum Gasteiger partial charge on any atom is -0.401 e. The summed E-state index contributed by atoms with van der Waals surface area (Å²) in [5, 5.41) is 7.62. The minimum atomic E-state index is 0.714. The van der Waals surface area contributed by atoms with Crippen molar-refractivity contribution in [1.29, 1.82) is 0 Å². The van der Waals surface area contributed by atoms with Gasteiger partial charge >= 0.3 is 0 Å². The molecule has 0 amide bonds. The summed E-state index contributed by atoms with van der Waals surface area (Å²) in [6.45, 7) is 1.46. The highest BCUT2D eigenvalue weighted by molar-refractivity contribution is 6.09. The normalized spacial score (nSPS) is 15.9. The van der Waals surface area contributed by atoms with Crippen molar-refractivity contribution >= 4 is 22.4 Å². The van der Waals surface area contributed by atoms with E-state index in [1.54, 1.807) is 7.05 Å². The van der Waals surface area contributed by atoms with Gasteiger partial charge in [-0.1, -0.05) is 18.2 Å². The molecule has 0 atom stereocenters. The molecule has 0 radical (unpaired) electrons. The number of amidine groups is 1. The maximum atomic E-state index is 5.98. The first-order valence-electron chi connectivity index (χ1n) is 6.55. The number of hydrogen-bond donors (Lipinski definition) is 3. The predicted molar refractivity (Wildman–Crippen MR) is 82.8 cm³/mol. The highest BCUT2D eigenvalue weighted by Gasteiger charge is 2.16. The first kappa shape index (κ1) is 12.6. The number of nitrogens with one attached hydrogen (secondary N) is 2. The summed E-state index contributed by atoms with van der Waals surface area (Å²) in [5.41, 5.74) is 9.74. The van der Waals surface area contributed by atoms with Crippen LogP contribution in [0.3, 0.4) is 0 Å². The van der Waals surface area contributed by atoms with E-state index in [0.717, 1.165) is 40.2 Å². The van der Waals surface area contributed by atoms with Crippen LogP contribution in [0.25, 0.3) is 10.9 Å². The largest absolute Gasteiger partial charge is 0.401 e. The van der Waals surface area contributed by atoms with Crippen LogP contribution in [0.15, 0.2) is 52.8 Å². The van der Waals surface area contributed by atoms with Gasteiger partial charge in [0.25, 0.3) is 0 Å². The molecule has 0 saturated heterocycles. The van der Waals surface area contributed by atoms with Crippen LogP contribution in [-0.4, -0.2) is 31.0 Å². The number of aliphatic imine (C=N–C) groups is 1. The zero-order chi connectivity index (χ0) is 13.9. The Morgan fingerprint density at radius 2 is 2.20 bits per heavy atom. The van der Waals surface area contributed by atoms with Crippen LogP contribution in [0.4, 0.5) is 5.69 Å². The van der Waals surface area contributed by atoms with Gasteiger partial charge in [0.05, 0.1) is 17.4 Å². The molecule has 0 bridgehead atoms. The van der Waals surface area contributed by atoms with Gasteiger partial charge in [0.1, 0.15) is 5.84 Å². The van der Waals surface area contributed by atoms with Crippen molar-refractivity contribution < 1.29 is 0 Å². The lowest BCUT2D eigenvalue weighted by Crippen LogP contribution is -2.20. The SMILES string of the molecule is CN=C(Nc1cnc2ccccc2c1)C1=C(N)CNC1. The molecular weight excluding hydrogens is 250 g/mol. The third-order valence-corrected chi connectivity index (χ3v) is 3.37. The van der Waals surface area contributed by atoms with E-state index in [-0.39, 0.29) is 0 Å². The minimum absolute atomic E-state index is 0.714. The lowest BCUT2D eigenvalue weighted by atomic mass is 10.2. The Balaban J connectivity index is 1.90. The molecule has 1 aliphatic rings. The molecule has 3 rings (SSSR count). The second-order valence-corrected chi connectivity index (χ2v) is 4.72. The second kappa shape index (κ2) is 5.30. The van der Waals surface area contributed by atoms with E-state index in [1.807, 2.05) is 30.5 Å². The molecule has 0 spiro atoms. The number of anilines is 1. The zero-order valence-corrected chi connectivity index (χ0v) is 11.4. The van der Waals surface area contributed by atoms with Crippen LogP contribution in [-0.2, 0) is 0 Å². The van der Waals surface area contributed by atoms with E-state index < -0.39 is 0 Å². The Hall–Kier alpha value is -2.40. The Morgan fingerprint density at radius 3 is 2.95 bits per heavy atom. The van der Waals surface area contributed by atoms with Crippen LogP contribution < -0.4 is 16.4 Å². The van der Waals surface area contributed by atoms with Crippen molar-refractivity contribution in [2.24, 2.45) is 10.7 Å². The molecule has 0 aliphatic carbocycles. The standard InChI is InChI=1S/C15H17N5/c1-17-15(12-8-18-9-13(12)16)20-11-6-10-4-2-3-5-14(10)19-7-11/h2-7,18H,8-9,16H2,1H3,(H,17,20). The van der Waals surface area contributed by atoms with Crippen molar-refractivity contribution in [3.63, 3.8) is 0 Å². The molecule has 1 aliphatic heterocycles. The Labute approximate surface area is 117 Å². The van der Waals surface area contributed by atoms with Gasteiger partial charge < -0.3 is 16.4 Å². The number of nitrogens with zero attached hydrogens (tertiary/aromatic N) is 2. The first-order valence-corrected chi connectivity index (χ1v) is 6.55. The van der Waals surface area contributed by atoms with Gasteiger partial charge in [0.15, 0.2) is 0 Å². The number of para-hydroxylation sites is 1. The summed E-state index contributed by atoms with van der Waals surface area (Å²) in [4.78, 5) is 8.73. The first-order chi connectivity index (χ1) is 9.78. The smallest absolute Gasteiger partial charge is 0.131 e. The third kappa shape index (κ3) is 2.35. The lowest BCUT2D eigenvalue weighted by molar-refractivity contribution is 0.866. The highest BCUT2D eigenvalue weighted by atomic mass is 15.0. The Kier molecular flexibility index (Phi) is 3.35. The van der Waals surface area contributed by atoms with E-state index in [0.29, 0.717) is 6.54 Å². The number of nitrogens with two attached hydrogens (primary N) is 1.